The molecule has 1 aromatic heterocycles. The second kappa shape index (κ2) is 18.9. The number of aromatic nitrogens is 1. The maximum Gasteiger partial charge on any atom is 0.0312 e. The van der Waals surface area contributed by atoms with Gasteiger partial charge in [0, 0.05) is 18.9 Å². The van der Waals surface area contributed by atoms with E-state index < -0.39 is 0 Å². The van der Waals surface area contributed by atoms with Crippen LogP contribution in [0.2, 0.25) is 0 Å². The van der Waals surface area contributed by atoms with Gasteiger partial charge in [0.15, 0.2) is 0 Å². The van der Waals surface area contributed by atoms with Gasteiger partial charge in [-0.05, 0) is 24.6 Å². The zero-order chi connectivity index (χ0) is 18.5. The summed E-state index contributed by atoms with van der Waals surface area (Å²) >= 11 is 0. The van der Waals surface area contributed by atoms with Gasteiger partial charge in [-0.25, -0.2) is 0 Å². The van der Waals surface area contributed by atoms with Crippen molar-refractivity contribution in [2.45, 2.75) is 116 Å². The first-order valence-electron chi connectivity index (χ1n) is 11.5. The third-order valence-electron chi connectivity index (χ3n) is 5.26. The van der Waals surface area contributed by atoms with Gasteiger partial charge < -0.3 is 5.32 Å². The molecule has 0 aliphatic rings. The standard InChI is InChI=1S/C24H44N2/c1-2-3-4-5-6-7-8-9-10-11-12-13-14-15-16-17-20-25-22-24-19-18-21-26-23-24/h18-19,21,23,25H,2-17,20,22H2,1H3. The highest BCUT2D eigenvalue weighted by atomic mass is 14.8. The Kier molecular flexibility index (Phi) is 16.8. The lowest BCUT2D eigenvalue weighted by molar-refractivity contribution is 0.525. The lowest BCUT2D eigenvalue weighted by atomic mass is 10.0. The molecule has 0 fully saturated rings. The smallest absolute Gasteiger partial charge is 0.0312 e. The molecule has 0 aliphatic heterocycles. The van der Waals surface area contributed by atoms with E-state index in [1.807, 2.05) is 18.5 Å². The van der Waals surface area contributed by atoms with E-state index in [-0.39, 0.29) is 0 Å². The Morgan fingerprint density at radius 3 is 1.65 bits per heavy atom. The van der Waals surface area contributed by atoms with Crippen molar-refractivity contribution < 1.29 is 0 Å². The fourth-order valence-electron chi connectivity index (χ4n) is 3.53. The van der Waals surface area contributed by atoms with E-state index >= 15 is 0 Å². The van der Waals surface area contributed by atoms with Crippen LogP contribution in [0, 0.1) is 0 Å². The van der Waals surface area contributed by atoms with Crippen molar-refractivity contribution in [3.05, 3.63) is 30.1 Å². The van der Waals surface area contributed by atoms with Crippen molar-refractivity contribution in [1.29, 1.82) is 0 Å². The average molecular weight is 361 g/mol. The minimum atomic E-state index is 0.951. The van der Waals surface area contributed by atoms with Crippen LogP contribution < -0.4 is 5.32 Å². The Hall–Kier alpha value is -0.890. The highest BCUT2D eigenvalue weighted by Gasteiger charge is 1.95. The largest absolute Gasteiger partial charge is 0.313 e. The van der Waals surface area contributed by atoms with Gasteiger partial charge in [-0.2, -0.15) is 0 Å². The minimum absolute atomic E-state index is 0.951. The molecule has 0 radical (unpaired) electrons. The molecule has 2 nitrogen and oxygen atoms in total. The molecule has 0 atom stereocenters. The molecule has 1 rings (SSSR count). The van der Waals surface area contributed by atoms with Crippen LogP contribution in [-0.2, 0) is 6.54 Å². The fraction of sp³-hybridized carbons (Fsp3) is 0.792. The van der Waals surface area contributed by atoms with Crippen LogP contribution >= 0.6 is 0 Å². The van der Waals surface area contributed by atoms with Crippen LogP contribution in [0.15, 0.2) is 24.5 Å². The van der Waals surface area contributed by atoms with Gasteiger partial charge in [0.1, 0.15) is 0 Å². The third kappa shape index (κ3) is 15.4. The van der Waals surface area contributed by atoms with Gasteiger partial charge in [0.2, 0.25) is 0 Å². The van der Waals surface area contributed by atoms with E-state index in [2.05, 4.69) is 23.3 Å². The third-order valence-corrected chi connectivity index (χ3v) is 5.26. The molecule has 0 aliphatic carbocycles. The van der Waals surface area contributed by atoms with Crippen LogP contribution in [0.3, 0.4) is 0 Å². The Morgan fingerprint density at radius 1 is 0.692 bits per heavy atom. The second-order valence-corrected chi connectivity index (χ2v) is 7.84. The van der Waals surface area contributed by atoms with Crippen molar-refractivity contribution in [3.8, 4) is 0 Å². The predicted molar refractivity (Wildman–Crippen MR) is 115 cm³/mol. The van der Waals surface area contributed by atoms with E-state index in [1.54, 1.807) is 0 Å². The van der Waals surface area contributed by atoms with E-state index in [9.17, 15) is 0 Å². The minimum Gasteiger partial charge on any atom is -0.313 e. The van der Waals surface area contributed by atoms with E-state index in [0.29, 0.717) is 0 Å². The van der Waals surface area contributed by atoms with E-state index in [1.165, 1.54) is 108 Å². The van der Waals surface area contributed by atoms with Crippen molar-refractivity contribution in [1.82, 2.24) is 10.3 Å². The van der Waals surface area contributed by atoms with E-state index in [0.717, 1.165) is 13.1 Å². The summed E-state index contributed by atoms with van der Waals surface area (Å²) in [7, 11) is 0. The summed E-state index contributed by atoms with van der Waals surface area (Å²) in [6.07, 6.45) is 26.7. The number of unbranched alkanes of at least 4 members (excludes halogenated alkanes) is 15. The van der Waals surface area contributed by atoms with Gasteiger partial charge in [-0.15, -0.1) is 0 Å². The molecule has 1 N–H and O–H groups in total. The zero-order valence-corrected chi connectivity index (χ0v) is 17.5. The molecule has 150 valence electrons. The lowest BCUT2D eigenvalue weighted by Crippen LogP contribution is -2.14. The molecular weight excluding hydrogens is 316 g/mol. The quantitative estimate of drug-likeness (QED) is 0.259. The number of pyridine rings is 1. The highest BCUT2D eigenvalue weighted by molar-refractivity contribution is 5.07. The number of nitrogens with one attached hydrogen (secondary N) is 1. The Labute approximate surface area is 163 Å². The summed E-state index contributed by atoms with van der Waals surface area (Å²) in [6, 6.07) is 4.14. The number of hydrogen-bond donors (Lipinski definition) is 1. The molecule has 0 unspecified atom stereocenters. The Morgan fingerprint density at radius 2 is 1.19 bits per heavy atom. The van der Waals surface area contributed by atoms with Crippen molar-refractivity contribution in [2.24, 2.45) is 0 Å². The summed E-state index contributed by atoms with van der Waals surface area (Å²) in [4.78, 5) is 4.14. The normalized spacial score (nSPS) is 11.1. The van der Waals surface area contributed by atoms with Crippen LogP contribution in [0.4, 0.5) is 0 Å². The SMILES string of the molecule is CCCCCCCCCCCCCCCCCCNCc1cccnc1. The number of hydrogen-bond acceptors (Lipinski definition) is 2. The molecular formula is C24H44N2. The van der Waals surface area contributed by atoms with Crippen molar-refractivity contribution >= 4 is 0 Å². The number of nitrogens with zero attached hydrogens (tertiary/aromatic N) is 1. The van der Waals surface area contributed by atoms with E-state index in [4.69, 9.17) is 0 Å². The van der Waals surface area contributed by atoms with Crippen molar-refractivity contribution in [2.75, 3.05) is 6.54 Å². The van der Waals surface area contributed by atoms with Gasteiger partial charge in [-0.3, -0.25) is 4.98 Å². The molecule has 0 spiro atoms. The van der Waals surface area contributed by atoms with Gasteiger partial charge in [0.05, 0.1) is 0 Å². The zero-order valence-electron chi connectivity index (χ0n) is 17.5. The molecule has 0 saturated heterocycles. The molecule has 0 amide bonds. The maximum absolute atomic E-state index is 4.14. The average Bonchev–Trinajstić information content (AvgIpc) is 2.68. The van der Waals surface area contributed by atoms with Crippen LogP contribution in [-0.4, -0.2) is 11.5 Å². The van der Waals surface area contributed by atoms with Gasteiger partial charge in [0.25, 0.3) is 0 Å². The Balaban J connectivity index is 1.68. The summed E-state index contributed by atoms with van der Waals surface area (Å²) in [5.74, 6) is 0. The van der Waals surface area contributed by atoms with Crippen LogP contribution in [0.25, 0.3) is 0 Å². The number of rotatable bonds is 19. The first-order valence-corrected chi connectivity index (χ1v) is 11.5. The first-order chi connectivity index (χ1) is 12.9. The molecule has 26 heavy (non-hydrogen) atoms. The summed E-state index contributed by atoms with van der Waals surface area (Å²) in [5, 5.41) is 3.51. The molecule has 0 bridgehead atoms. The first kappa shape index (κ1) is 23.1. The topological polar surface area (TPSA) is 24.9 Å². The monoisotopic (exact) mass is 360 g/mol. The van der Waals surface area contributed by atoms with Crippen LogP contribution in [0.5, 0.6) is 0 Å². The summed E-state index contributed by atoms with van der Waals surface area (Å²) in [6.45, 7) is 4.38. The molecule has 0 aromatic carbocycles. The molecule has 0 saturated carbocycles. The summed E-state index contributed by atoms with van der Waals surface area (Å²) < 4.78 is 0. The second-order valence-electron chi connectivity index (χ2n) is 7.84. The van der Waals surface area contributed by atoms with Crippen LogP contribution in [0.1, 0.15) is 115 Å². The molecule has 1 aromatic rings. The summed E-state index contributed by atoms with van der Waals surface area (Å²) in [5.41, 5.74) is 1.28. The Bertz CT molecular complexity index is 377. The molecule has 2 heteroatoms. The van der Waals surface area contributed by atoms with Gasteiger partial charge in [-0.1, -0.05) is 109 Å². The fourth-order valence-corrected chi connectivity index (χ4v) is 3.53. The van der Waals surface area contributed by atoms with Crippen molar-refractivity contribution in [3.63, 3.8) is 0 Å². The highest BCUT2D eigenvalue weighted by Crippen LogP contribution is 2.13. The lowest BCUT2D eigenvalue weighted by Gasteiger charge is -2.05. The molecule has 1 heterocycles. The predicted octanol–water partition coefficient (Wildman–Crippen LogP) is 7.43. The maximum atomic E-state index is 4.14. The van der Waals surface area contributed by atoms with Gasteiger partial charge >= 0.3 is 0 Å².